The van der Waals surface area contributed by atoms with Crippen LogP contribution in [0.2, 0.25) is 0 Å². The molecule has 0 bridgehead atoms. The molecule has 0 aliphatic heterocycles. The second-order valence-corrected chi connectivity index (χ2v) is 8.65. The molecule has 0 saturated heterocycles. The smallest absolute Gasteiger partial charge is 0.328 e. The minimum Gasteiger partial charge on any atom is -0.496 e. The zero-order chi connectivity index (χ0) is 26.7. The topological polar surface area (TPSA) is 83.5 Å². The van der Waals surface area contributed by atoms with E-state index in [1.165, 1.54) is 7.11 Å². The van der Waals surface area contributed by atoms with Gasteiger partial charge in [-0.15, -0.1) is 0 Å². The molecule has 0 aliphatic carbocycles. The van der Waals surface area contributed by atoms with Crippen LogP contribution >= 0.6 is 0 Å². The molecular formula is C28H39NO7. The Hall–Kier alpha value is -3.26. The first-order chi connectivity index (χ1) is 17.3. The van der Waals surface area contributed by atoms with Crippen molar-refractivity contribution in [2.75, 3.05) is 55.2 Å². The van der Waals surface area contributed by atoms with Gasteiger partial charge in [0.25, 0.3) is 0 Å². The van der Waals surface area contributed by atoms with Crippen LogP contribution in [0.4, 0.5) is 0 Å². The van der Waals surface area contributed by atoms with E-state index in [2.05, 4.69) is 4.90 Å². The van der Waals surface area contributed by atoms with Crippen molar-refractivity contribution in [1.82, 2.24) is 4.90 Å². The summed E-state index contributed by atoms with van der Waals surface area (Å²) in [4.78, 5) is 28.6. The summed E-state index contributed by atoms with van der Waals surface area (Å²) >= 11 is 0. The number of aryl methyl sites for hydroxylation is 1. The Morgan fingerprint density at radius 3 is 2.17 bits per heavy atom. The first-order valence-corrected chi connectivity index (χ1v) is 12.1. The number of likely N-dealkylation sites (N-methyl/N-ethyl adjacent to an activating group) is 1. The number of esters is 2. The Morgan fingerprint density at radius 2 is 1.56 bits per heavy atom. The average molecular weight is 502 g/mol. The normalized spacial score (nSPS) is 12.6. The predicted octanol–water partition coefficient (Wildman–Crippen LogP) is 3.95. The highest BCUT2D eigenvalue weighted by Crippen LogP contribution is 2.36. The van der Waals surface area contributed by atoms with E-state index in [0.29, 0.717) is 35.8 Å². The standard InChI is InChI=1S/C28H39NO7/c1-8-36-27(31)28(26(30)35-7,22-12-10-20(2)24(19-22)33-5)15-9-16-29(3)17-14-21-11-13-23(32-4)25(18-21)34-6/h10-13,18-19H,8-9,14-17H2,1-7H3. The third-order valence-electron chi connectivity index (χ3n) is 6.38. The highest BCUT2D eigenvalue weighted by atomic mass is 16.6. The molecule has 8 heteroatoms. The molecular weight excluding hydrogens is 462 g/mol. The number of carbonyl (C=O) groups is 2. The lowest BCUT2D eigenvalue weighted by Gasteiger charge is -2.30. The summed E-state index contributed by atoms with van der Waals surface area (Å²) in [5.74, 6) is 0.733. The fourth-order valence-electron chi connectivity index (χ4n) is 4.26. The van der Waals surface area contributed by atoms with Crippen molar-refractivity contribution in [2.45, 2.75) is 38.5 Å². The molecule has 0 amide bonds. The maximum absolute atomic E-state index is 13.3. The summed E-state index contributed by atoms with van der Waals surface area (Å²) in [5, 5.41) is 0. The SMILES string of the molecule is CCOC(=O)C(CCCN(C)CCc1ccc(OC)c(OC)c1)(C(=O)OC)c1ccc(C)c(OC)c1. The number of ether oxygens (including phenoxy) is 5. The fraction of sp³-hybridized carbons (Fsp3) is 0.500. The lowest BCUT2D eigenvalue weighted by Crippen LogP contribution is -2.46. The Balaban J connectivity index is 2.18. The first kappa shape index (κ1) is 29.0. The van der Waals surface area contributed by atoms with Crippen LogP contribution in [0.15, 0.2) is 36.4 Å². The van der Waals surface area contributed by atoms with Gasteiger partial charge in [0.05, 0.1) is 35.0 Å². The van der Waals surface area contributed by atoms with Gasteiger partial charge in [0.2, 0.25) is 0 Å². The van der Waals surface area contributed by atoms with Gasteiger partial charge in [-0.05, 0) is 81.6 Å². The van der Waals surface area contributed by atoms with E-state index in [4.69, 9.17) is 23.7 Å². The largest absolute Gasteiger partial charge is 0.496 e. The maximum atomic E-state index is 13.3. The quantitative estimate of drug-likeness (QED) is 0.284. The molecule has 0 fully saturated rings. The van der Waals surface area contributed by atoms with E-state index in [1.807, 2.05) is 38.2 Å². The van der Waals surface area contributed by atoms with Gasteiger partial charge in [0.15, 0.2) is 16.9 Å². The van der Waals surface area contributed by atoms with Gasteiger partial charge in [-0.1, -0.05) is 18.2 Å². The summed E-state index contributed by atoms with van der Waals surface area (Å²) in [7, 11) is 8.09. The molecule has 0 spiro atoms. The van der Waals surface area contributed by atoms with Crippen LogP contribution in [0.1, 0.15) is 36.5 Å². The Morgan fingerprint density at radius 1 is 0.861 bits per heavy atom. The zero-order valence-electron chi connectivity index (χ0n) is 22.5. The summed E-state index contributed by atoms with van der Waals surface area (Å²) in [5.41, 5.74) is 0.958. The summed E-state index contributed by atoms with van der Waals surface area (Å²) < 4.78 is 26.7. The highest BCUT2D eigenvalue weighted by Gasteiger charge is 2.50. The van der Waals surface area contributed by atoms with Crippen molar-refractivity contribution < 1.29 is 33.3 Å². The molecule has 1 atom stereocenters. The van der Waals surface area contributed by atoms with Gasteiger partial charge in [0, 0.05) is 6.54 Å². The van der Waals surface area contributed by atoms with Crippen LogP contribution in [0, 0.1) is 6.92 Å². The maximum Gasteiger partial charge on any atom is 0.328 e. The van der Waals surface area contributed by atoms with Gasteiger partial charge in [-0.3, -0.25) is 9.59 Å². The summed E-state index contributed by atoms with van der Waals surface area (Å²) in [6.07, 6.45) is 1.63. The van der Waals surface area contributed by atoms with Crippen LogP contribution in [0.25, 0.3) is 0 Å². The number of hydrogen-bond acceptors (Lipinski definition) is 8. The van der Waals surface area contributed by atoms with Gasteiger partial charge in [-0.25, -0.2) is 0 Å². The van der Waals surface area contributed by atoms with E-state index < -0.39 is 17.4 Å². The van der Waals surface area contributed by atoms with Crippen LogP contribution in [-0.2, 0) is 30.9 Å². The van der Waals surface area contributed by atoms with Crippen molar-refractivity contribution in [3.8, 4) is 17.2 Å². The van der Waals surface area contributed by atoms with E-state index in [1.54, 1.807) is 40.4 Å². The second kappa shape index (κ2) is 13.7. The lowest BCUT2D eigenvalue weighted by molar-refractivity contribution is -0.164. The van der Waals surface area contributed by atoms with Crippen LogP contribution < -0.4 is 14.2 Å². The minimum absolute atomic E-state index is 0.159. The molecule has 0 saturated carbocycles. The van der Waals surface area contributed by atoms with E-state index in [9.17, 15) is 9.59 Å². The van der Waals surface area contributed by atoms with Gasteiger partial charge >= 0.3 is 11.9 Å². The van der Waals surface area contributed by atoms with E-state index in [-0.39, 0.29) is 13.0 Å². The first-order valence-electron chi connectivity index (χ1n) is 12.1. The van der Waals surface area contributed by atoms with Crippen molar-refractivity contribution >= 4 is 11.9 Å². The molecule has 2 aromatic rings. The molecule has 0 aliphatic rings. The van der Waals surface area contributed by atoms with Crippen LogP contribution in [0.3, 0.4) is 0 Å². The molecule has 0 radical (unpaired) electrons. The zero-order valence-corrected chi connectivity index (χ0v) is 22.5. The number of carbonyl (C=O) groups excluding carboxylic acids is 2. The number of hydrogen-bond donors (Lipinski definition) is 0. The highest BCUT2D eigenvalue weighted by molar-refractivity contribution is 6.06. The van der Waals surface area contributed by atoms with Crippen molar-refractivity contribution in [1.29, 1.82) is 0 Å². The van der Waals surface area contributed by atoms with Gasteiger partial charge < -0.3 is 28.6 Å². The molecule has 0 N–H and O–H groups in total. The molecule has 2 rings (SSSR count). The molecule has 198 valence electrons. The van der Waals surface area contributed by atoms with Crippen molar-refractivity contribution in [3.05, 3.63) is 53.1 Å². The molecule has 2 aromatic carbocycles. The predicted molar refractivity (Wildman–Crippen MR) is 138 cm³/mol. The number of methoxy groups -OCH3 is 4. The summed E-state index contributed by atoms with van der Waals surface area (Å²) in [6, 6.07) is 11.2. The Labute approximate surface area is 214 Å². The lowest BCUT2D eigenvalue weighted by atomic mass is 9.76. The molecule has 0 heterocycles. The van der Waals surface area contributed by atoms with Crippen molar-refractivity contribution in [3.63, 3.8) is 0 Å². The Kier molecular flexibility index (Phi) is 11.0. The Bertz CT molecular complexity index is 1020. The number of rotatable bonds is 14. The number of nitrogens with zero attached hydrogens (tertiary/aromatic N) is 1. The van der Waals surface area contributed by atoms with Crippen molar-refractivity contribution in [2.24, 2.45) is 0 Å². The van der Waals surface area contributed by atoms with Gasteiger partial charge in [0.1, 0.15) is 5.75 Å². The third-order valence-corrected chi connectivity index (χ3v) is 6.38. The van der Waals surface area contributed by atoms with Gasteiger partial charge in [-0.2, -0.15) is 0 Å². The van der Waals surface area contributed by atoms with Crippen LogP contribution in [-0.4, -0.2) is 72.0 Å². The fourth-order valence-corrected chi connectivity index (χ4v) is 4.26. The molecule has 36 heavy (non-hydrogen) atoms. The second-order valence-electron chi connectivity index (χ2n) is 8.65. The molecule has 8 nitrogen and oxygen atoms in total. The average Bonchev–Trinajstić information content (AvgIpc) is 2.89. The third kappa shape index (κ3) is 6.69. The summed E-state index contributed by atoms with van der Waals surface area (Å²) in [6.45, 7) is 5.25. The van der Waals surface area contributed by atoms with E-state index >= 15 is 0 Å². The van der Waals surface area contributed by atoms with E-state index in [0.717, 1.165) is 24.1 Å². The minimum atomic E-state index is -1.57. The molecule has 0 aromatic heterocycles. The van der Waals surface area contributed by atoms with Crippen LogP contribution in [0.5, 0.6) is 17.2 Å². The number of benzene rings is 2. The molecule has 1 unspecified atom stereocenters. The monoisotopic (exact) mass is 501 g/mol.